The molecule has 0 aromatic heterocycles. The second-order valence-corrected chi connectivity index (χ2v) is 5.26. The predicted molar refractivity (Wildman–Crippen MR) is 74.7 cm³/mol. The summed E-state index contributed by atoms with van der Waals surface area (Å²) in [6.07, 6.45) is 4.58. The normalized spacial score (nSPS) is 10.3. The molecule has 0 aliphatic heterocycles. The first-order chi connectivity index (χ1) is 7.24. The molecule has 0 radical (unpaired) electrons. The highest BCUT2D eigenvalue weighted by molar-refractivity contribution is 9.10. The Labute approximate surface area is 104 Å². The molecule has 1 aromatic rings. The third-order valence-electron chi connectivity index (χ3n) is 2.11. The summed E-state index contributed by atoms with van der Waals surface area (Å²) in [6.45, 7) is 0.987. The van der Waals surface area contributed by atoms with Gasteiger partial charge in [-0.05, 0) is 43.0 Å². The number of nitrogen functional groups attached to an aromatic ring is 1. The summed E-state index contributed by atoms with van der Waals surface area (Å²) < 4.78 is 1.06. The van der Waals surface area contributed by atoms with Gasteiger partial charge in [0.1, 0.15) is 0 Å². The van der Waals surface area contributed by atoms with Gasteiger partial charge in [0, 0.05) is 11.0 Å². The molecule has 0 atom stereocenters. The van der Waals surface area contributed by atoms with Crippen LogP contribution in [0.25, 0.3) is 0 Å². The summed E-state index contributed by atoms with van der Waals surface area (Å²) in [5.41, 5.74) is 7.67. The van der Waals surface area contributed by atoms with E-state index in [-0.39, 0.29) is 0 Å². The Balaban J connectivity index is 2.33. The Morgan fingerprint density at radius 2 is 2.20 bits per heavy atom. The second-order valence-electron chi connectivity index (χ2n) is 3.36. The van der Waals surface area contributed by atoms with Gasteiger partial charge in [0.25, 0.3) is 0 Å². The molecule has 1 aromatic carbocycles. The highest BCUT2D eigenvalue weighted by Crippen LogP contribution is 2.23. The molecule has 0 saturated carbocycles. The van der Waals surface area contributed by atoms with E-state index in [1.165, 1.54) is 18.6 Å². The SMILES string of the molecule is CSCCCCNc1cc(Br)ccc1N. The van der Waals surface area contributed by atoms with Crippen molar-refractivity contribution in [2.75, 3.05) is 29.6 Å². The molecule has 3 N–H and O–H groups in total. The summed E-state index contributed by atoms with van der Waals surface area (Å²) in [7, 11) is 0. The van der Waals surface area contributed by atoms with Crippen LogP contribution in [0.15, 0.2) is 22.7 Å². The summed E-state index contributed by atoms with van der Waals surface area (Å²) in [4.78, 5) is 0. The average Bonchev–Trinajstić information content (AvgIpc) is 2.23. The fraction of sp³-hybridized carbons (Fsp3) is 0.455. The van der Waals surface area contributed by atoms with Crippen LogP contribution < -0.4 is 11.1 Å². The topological polar surface area (TPSA) is 38.0 Å². The summed E-state index contributed by atoms with van der Waals surface area (Å²) >= 11 is 5.32. The molecule has 0 aliphatic carbocycles. The Kier molecular flexibility index (Phi) is 5.95. The Hall–Kier alpha value is -0.350. The molecule has 0 fully saturated rings. The first kappa shape index (κ1) is 12.7. The van der Waals surface area contributed by atoms with Crippen molar-refractivity contribution in [1.29, 1.82) is 0 Å². The smallest absolute Gasteiger partial charge is 0.0585 e. The van der Waals surface area contributed by atoms with E-state index in [1.54, 1.807) is 0 Å². The number of thioether (sulfide) groups is 1. The molecule has 1 rings (SSSR count). The standard InChI is InChI=1S/C11H17BrN2S/c1-15-7-3-2-6-14-11-8-9(12)4-5-10(11)13/h4-5,8,14H,2-3,6-7,13H2,1H3. The molecule has 4 heteroatoms. The lowest BCUT2D eigenvalue weighted by molar-refractivity contribution is 0.843. The molecule has 15 heavy (non-hydrogen) atoms. The van der Waals surface area contributed by atoms with Crippen LogP contribution in [-0.4, -0.2) is 18.6 Å². The molecule has 0 bridgehead atoms. The molecule has 0 spiro atoms. The zero-order valence-electron chi connectivity index (χ0n) is 8.92. The number of hydrogen-bond donors (Lipinski definition) is 2. The second kappa shape index (κ2) is 7.01. The van der Waals surface area contributed by atoms with E-state index < -0.39 is 0 Å². The number of hydrogen-bond acceptors (Lipinski definition) is 3. The van der Waals surface area contributed by atoms with Gasteiger partial charge in [-0.15, -0.1) is 0 Å². The molecular weight excluding hydrogens is 272 g/mol. The van der Waals surface area contributed by atoms with Crippen molar-refractivity contribution in [2.45, 2.75) is 12.8 Å². The molecule has 84 valence electrons. The lowest BCUT2D eigenvalue weighted by atomic mass is 10.2. The van der Waals surface area contributed by atoms with Crippen molar-refractivity contribution < 1.29 is 0 Å². The Morgan fingerprint density at radius 3 is 2.93 bits per heavy atom. The van der Waals surface area contributed by atoms with Gasteiger partial charge >= 0.3 is 0 Å². The van der Waals surface area contributed by atoms with E-state index in [0.29, 0.717) is 0 Å². The van der Waals surface area contributed by atoms with Crippen molar-refractivity contribution in [1.82, 2.24) is 0 Å². The number of rotatable bonds is 6. The van der Waals surface area contributed by atoms with Crippen LogP contribution in [0, 0.1) is 0 Å². The van der Waals surface area contributed by atoms with Crippen molar-refractivity contribution in [3.63, 3.8) is 0 Å². The molecular formula is C11H17BrN2S. The maximum Gasteiger partial charge on any atom is 0.0585 e. The van der Waals surface area contributed by atoms with E-state index in [9.17, 15) is 0 Å². The summed E-state index contributed by atoms with van der Waals surface area (Å²) in [5, 5.41) is 3.35. The van der Waals surface area contributed by atoms with Crippen LogP contribution in [0.3, 0.4) is 0 Å². The van der Waals surface area contributed by atoms with Gasteiger partial charge in [0.15, 0.2) is 0 Å². The van der Waals surface area contributed by atoms with Crippen molar-refractivity contribution in [3.8, 4) is 0 Å². The third-order valence-corrected chi connectivity index (χ3v) is 3.30. The lowest BCUT2D eigenvalue weighted by Crippen LogP contribution is -2.04. The third kappa shape index (κ3) is 4.80. The van der Waals surface area contributed by atoms with Crippen LogP contribution in [0.1, 0.15) is 12.8 Å². The fourth-order valence-electron chi connectivity index (χ4n) is 1.28. The number of benzene rings is 1. The molecule has 0 unspecified atom stereocenters. The minimum atomic E-state index is 0.808. The molecule has 0 aliphatic rings. The van der Waals surface area contributed by atoms with Gasteiger partial charge in [0.2, 0.25) is 0 Å². The van der Waals surface area contributed by atoms with Gasteiger partial charge in [0.05, 0.1) is 11.4 Å². The highest BCUT2D eigenvalue weighted by atomic mass is 79.9. The molecule has 0 saturated heterocycles. The monoisotopic (exact) mass is 288 g/mol. The molecule has 2 nitrogen and oxygen atoms in total. The maximum atomic E-state index is 5.84. The van der Waals surface area contributed by atoms with E-state index in [4.69, 9.17) is 5.73 Å². The first-order valence-corrected chi connectivity index (χ1v) is 7.20. The fourth-order valence-corrected chi connectivity index (χ4v) is 2.13. The van der Waals surface area contributed by atoms with Gasteiger partial charge in [-0.3, -0.25) is 0 Å². The minimum Gasteiger partial charge on any atom is -0.397 e. The number of nitrogens with two attached hydrogens (primary N) is 1. The number of anilines is 2. The largest absolute Gasteiger partial charge is 0.397 e. The Bertz CT molecular complexity index is 305. The van der Waals surface area contributed by atoms with Gasteiger partial charge in [-0.1, -0.05) is 15.9 Å². The van der Waals surface area contributed by atoms with Crippen LogP contribution in [-0.2, 0) is 0 Å². The predicted octanol–water partition coefficient (Wildman–Crippen LogP) is 3.59. The minimum absolute atomic E-state index is 0.808. The van der Waals surface area contributed by atoms with Crippen LogP contribution >= 0.6 is 27.7 Å². The first-order valence-electron chi connectivity index (χ1n) is 5.02. The quantitative estimate of drug-likeness (QED) is 0.621. The van der Waals surface area contributed by atoms with Gasteiger partial charge in [-0.2, -0.15) is 11.8 Å². The maximum absolute atomic E-state index is 5.84. The van der Waals surface area contributed by atoms with Gasteiger partial charge in [-0.25, -0.2) is 0 Å². The summed E-state index contributed by atoms with van der Waals surface area (Å²) in [5.74, 6) is 1.23. The van der Waals surface area contributed by atoms with Crippen molar-refractivity contribution in [2.24, 2.45) is 0 Å². The molecule has 0 amide bonds. The van der Waals surface area contributed by atoms with E-state index in [0.717, 1.165) is 22.4 Å². The van der Waals surface area contributed by atoms with Crippen LogP contribution in [0.4, 0.5) is 11.4 Å². The zero-order valence-corrected chi connectivity index (χ0v) is 11.3. The molecule has 0 heterocycles. The van der Waals surface area contributed by atoms with Gasteiger partial charge < -0.3 is 11.1 Å². The van der Waals surface area contributed by atoms with E-state index in [2.05, 4.69) is 27.5 Å². The zero-order chi connectivity index (χ0) is 11.1. The van der Waals surface area contributed by atoms with Crippen molar-refractivity contribution >= 4 is 39.1 Å². The number of unbranched alkanes of at least 4 members (excludes halogenated alkanes) is 1. The summed E-state index contributed by atoms with van der Waals surface area (Å²) in [6, 6.07) is 5.88. The van der Waals surface area contributed by atoms with E-state index >= 15 is 0 Å². The van der Waals surface area contributed by atoms with Crippen LogP contribution in [0.2, 0.25) is 0 Å². The van der Waals surface area contributed by atoms with Crippen molar-refractivity contribution in [3.05, 3.63) is 22.7 Å². The number of nitrogens with one attached hydrogen (secondary N) is 1. The average molecular weight is 289 g/mol. The van der Waals surface area contributed by atoms with Crippen LogP contribution in [0.5, 0.6) is 0 Å². The van der Waals surface area contributed by atoms with E-state index in [1.807, 2.05) is 30.0 Å². The Morgan fingerprint density at radius 1 is 1.40 bits per heavy atom. The number of halogens is 1. The highest BCUT2D eigenvalue weighted by Gasteiger charge is 1.98. The lowest BCUT2D eigenvalue weighted by Gasteiger charge is -2.09.